The van der Waals surface area contributed by atoms with Crippen LogP contribution in [0.4, 0.5) is 4.79 Å². The average Bonchev–Trinajstić information content (AvgIpc) is 2.91. The molecule has 1 saturated heterocycles. The molecule has 1 fully saturated rings. The van der Waals surface area contributed by atoms with Gasteiger partial charge in [0.05, 0.1) is 18.7 Å². The number of ether oxygens (including phenoxy) is 1. The van der Waals surface area contributed by atoms with E-state index < -0.39 is 0 Å². The molecule has 6 heteroatoms. The van der Waals surface area contributed by atoms with Crippen molar-refractivity contribution in [1.29, 1.82) is 0 Å². The molecule has 2 atom stereocenters. The largest absolute Gasteiger partial charge is 0.376 e. The summed E-state index contributed by atoms with van der Waals surface area (Å²) in [4.78, 5) is 26.5. The number of H-pyrrole nitrogens is 1. The summed E-state index contributed by atoms with van der Waals surface area (Å²) in [7, 11) is 0. The van der Waals surface area contributed by atoms with Crippen LogP contribution < -0.4 is 16.2 Å². The zero-order valence-corrected chi connectivity index (χ0v) is 12.8. The van der Waals surface area contributed by atoms with E-state index in [4.69, 9.17) is 4.74 Å². The van der Waals surface area contributed by atoms with Gasteiger partial charge in [-0.2, -0.15) is 0 Å². The van der Waals surface area contributed by atoms with Crippen LogP contribution in [-0.4, -0.2) is 29.8 Å². The van der Waals surface area contributed by atoms with Gasteiger partial charge >= 0.3 is 6.03 Å². The van der Waals surface area contributed by atoms with Gasteiger partial charge in [-0.3, -0.25) is 4.79 Å². The van der Waals surface area contributed by atoms with E-state index in [0.717, 1.165) is 30.7 Å². The summed E-state index contributed by atoms with van der Waals surface area (Å²) >= 11 is 0. The van der Waals surface area contributed by atoms with Gasteiger partial charge in [-0.15, -0.1) is 0 Å². The number of amides is 2. The SMILES string of the molecule is Cc1cc(C)c(CNC(=O)N[C@@H](C)[C@H]2CCCO2)c(=O)[nH]1. The fourth-order valence-electron chi connectivity index (χ4n) is 2.62. The van der Waals surface area contributed by atoms with Crippen molar-refractivity contribution in [3.05, 3.63) is 33.2 Å². The van der Waals surface area contributed by atoms with Gasteiger partial charge in [0.15, 0.2) is 0 Å². The first kappa shape index (κ1) is 15.6. The number of aromatic nitrogens is 1. The van der Waals surface area contributed by atoms with Crippen molar-refractivity contribution in [2.24, 2.45) is 0 Å². The Morgan fingerprint density at radius 1 is 1.52 bits per heavy atom. The van der Waals surface area contributed by atoms with E-state index in [0.29, 0.717) is 5.56 Å². The van der Waals surface area contributed by atoms with Gasteiger partial charge in [0.25, 0.3) is 5.56 Å². The molecule has 0 spiro atoms. The van der Waals surface area contributed by atoms with Gasteiger partial charge in [-0.25, -0.2) is 4.79 Å². The van der Waals surface area contributed by atoms with Crippen molar-refractivity contribution >= 4 is 6.03 Å². The lowest BCUT2D eigenvalue weighted by Crippen LogP contribution is -2.46. The highest BCUT2D eigenvalue weighted by atomic mass is 16.5. The Kier molecular flexibility index (Phi) is 5.01. The number of aromatic amines is 1. The van der Waals surface area contributed by atoms with Crippen LogP contribution in [0.25, 0.3) is 0 Å². The zero-order chi connectivity index (χ0) is 15.4. The lowest BCUT2D eigenvalue weighted by atomic mass is 10.1. The predicted octanol–water partition coefficient (Wildman–Crippen LogP) is 1.36. The lowest BCUT2D eigenvalue weighted by Gasteiger charge is -2.20. The molecule has 1 aromatic rings. The van der Waals surface area contributed by atoms with Crippen molar-refractivity contribution in [1.82, 2.24) is 15.6 Å². The van der Waals surface area contributed by atoms with E-state index in [1.807, 2.05) is 26.8 Å². The Labute approximate surface area is 124 Å². The van der Waals surface area contributed by atoms with E-state index in [9.17, 15) is 9.59 Å². The van der Waals surface area contributed by atoms with Gasteiger partial charge < -0.3 is 20.4 Å². The standard InChI is InChI=1S/C15H23N3O3/c1-9-7-10(2)17-14(19)12(9)8-16-15(20)18-11(3)13-5-4-6-21-13/h7,11,13H,4-6,8H2,1-3H3,(H,17,19)(H2,16,18,20)/t11-,13+/m0/s1. The van der Waals surface area contributed by atoms with Crippen LogP contribution in [0.5, 0.6) is 0 Å². The summed E-state index contributed by atoms with van der Waals surface area (Å²) < 4.78 is 5.53. The maximum Gasteiger partial charge on any atom is 0.315 e. The zero-order valence-electron chi connectivity index (χ0n) is 12.8. The minimum absolute atomic E-state index is 0.0371. The maximum absolute atomic E-state index is 11.9. The highest BCUT2D eigenvalue weighted by molar-refractivity contribution is 5.74. The summed E-state index contributed by atoms with van der Waals surface area (Å²) in [6.45, 7) is 6.61. The molecule has 3 N–H and O–H groups in total. The first-order valence-corrected chi connectivity index (χ1v) is 7.32. The Balaban J connectivity index is 1.88. The molecule has 2 rings (SSSR count). The third kappa shape index (κ3) is 4.07. The molecule has 1 aliphatic heterocycles. The fraction of sp³-hybridized carbons (Fsp3) is 0.600. The van der Waals surface area contributed by atoms with Crippen molar-refractivity contribution < 1.29 is 9.53 Å². The minimum Gasteiger partial charge on any atom is -0.376 e. The minimum atomic E-state index is -0.280. The first-order valence-electron chi connectivity index (χ1n) is 7.32. The number of rotatable bonds is 4. The Bertz CT molecular complexity index is 562. The van der Waals surface area contributed by atoms with Crippen LogP contribution in [0.15, 0.2) is 10.9 Å². The van der Waals surface area contributed by atoms with Crippen molar-refractivity contribution in [2.45, 2.75) is 52.3 Å². The lowest BCUT2D eigenvalue weighted by molar-refractivity contribution is 0.0860. The summed E-state index contributed by atoms with van der Waals surface area (Å²) in [5, 5.41) is 5.58. The molecule has 1 aliphatic rings. The molecular weight excluding hydrogens is 270 g/mol. The van der Waals surface area contributed by atoms with Crippen LogP contribution in [-0.2, 0) is 11.3 Å². The molecule has 116 valence electrons. The van der Waals surface area contributed by atoms with Crippen molar-refractivity contribution in [3.63, 3.8) is 0 Å². The van der Waals surface area contributed by atoms with E-state index in [2.05, 4.69) is 15.6 Å². The van der Waals surface area contributed by atoms with E-state index in [1.54, 1.807) is 0 Å². The number of hydrogen-bond donors (Lipinski definition) is 3. The van der Waals surface area contributed by atoms with Crippen LogP contribution in [0.3, 0.4) is 0 Å². The Morgan fingerprint density at radius 3 is 2.90 bits per heavy atom. The third-order valence-corrected chi connectivity index (χ3v) is 3.80. The highest BCUT2D eigenvalue weighted by Gasteiger charge is 2.23. The van der Waals surface area contributed by atoms with E-state index >= 15 is 0 Å². The van der Waals surface area contributed by atoms with Crippen LogP contribution >= 0.6 is 0 Å². The molecule has 0 saturated carbocycles. The molecule has 6 nitrogen and oxygen atoms in total. The molecule has 2 amide bonds. The molecule has 1 aromatic heterocycles. The summed E-state index contributed by atoms with van der Waals surface area (Å²) in [5.41, 5.74) is 2.13. The molecule has 0 radical (unpaired) electrons. The predicted molar refractivity (Wildman–Crippen MR) is 80.3 cm³/mol. The summed E-state index contributed by atoms with van der Waals surface area (Å²) in [6.07, 6.45) is 2.09. The second kappa shape index (κ2) is 6.76. The molecule has 21 heavy (non-hydrogen) atoms. The first-order chi connectivity index (χ1) is 9.97. The van der Waals surface area contributed by atoms with Crippen LogP contribution in [0, 0.1) is 13.8 Å². The third-order valence-electron chi connectivity index (χ3n) is 3.80. The topological polar surface area (TPSA) is 83.2 Å². The monoisotopic (exact) mass is 293 g/mol. The Morgan fingerprint density at radius 2 is 2.29 bits per heavy atom. The van der Waals surface area contributed by atoms with E-state index in [1.165, 1.54) is 0 Å². The van der Waals surface area contributed by atoms with Gasteiger partial charge in [-0.05, 0) is 45.2 Å². The van der Waals surface area contributed by atoms with Gasteiger partial charge in [0.2, 0.25) is 0 Å². The molecular formula is C15H23N3O3. The fourth-order valence-corrected chi connectivity index (χ4v) is 2.62. The van der Waals surface area contributed by atoms with Crippen LogP contribution in [0.2, 0.25) is 0 Å². The molecule has 0 aliphatic carbocycles. The average molecular weight is 293 g/mol. The number of aryl methyl sites for hydroxylation is 2. The molecule has 0 unspecified atom stereocenters. The number of carbonyl (C=O) groups is 1. The number of pyridine rings is 1. The Hall–Kier alpha value is -1.82. The van der Waals surface area contributed by atoms with Crippen molar-refractivity contribution in [3.8, 4) is 0 Å². The summed E-state index contributed by atoms with van der Waals surface area (Å²) in [6, 6.07) is 1.58. The normalized spacial score (nSPS) is 19.3. The molecule has 0 aromatic carbocycles. The summed E-state index contributed by atoms with van der Waals surface area (Å²) in [5.74, 6) is 0. The second-order valence-electron chi connectivity index (χ2n) is 5.61. The van der Waals surface area contributed by atoms with Crippen molar-refractivity contribution in [2.75, 3.05) is 6.61 Å². The number of hydrogen-bond acceptors (Lipinski definition) is 3. The van der Waals surface area contributed by atoms with Gasteiger partial charge in [0, 0.05) is 17.9 Å². The number of urea groups is 1. The highest BCUT2D eigenvalue weighted by Crippen LogP contribution is 2.15. The molecule has 2 heterocycles. The van der Waals surface area contributed by atoms with E-state index in [-0.39, 0.29) is 30.3 Å². The number of carbonyl (C=O) groups excluding carboxylic acids is 1. The quantitative estimate of drug-likeness (QED) is 0.784. The van der Waals surface area contributed by atoms with Gasteiger partial charge in [0.1, 0.15) is 0 Å². The van der Waals surface area contributed by atoms with Crippen LogP contribution in [0.1, 0.15) is 36.6 Å². The number of nitrogens with one attached hydrogen (secondary N) is 3. The smallest absolute Gasteiger partial charge is 0.315 e. The maximum atomic E-state index is 11.9. The van der Waals surface area contributed by atoms with Gasteiger partial charge in [-0.1, -0.05) is 0 Å². The molecule has 0 bridgehead atoms. The second-order valence-corrected chi connectivity index (χ2v) is 5.61.